The molecule has 5 nitrogen and oxygen atoms in total. The molecule has 0 saturated carbocycles. The molecule has 0 spiro atoms. The minimum Gasteiger partial charge on any atom is -0.333 e. The van der Waals surface area contributed by atoms with Crippen molar-refractivity contribution in [3.8, 4) is 0 Å². The molecule has 1 heterocycles. The van der Waals surface area contributed by atoms with Crippen molar-refractivity contribution in [1.82, 2.24) is 9.80 Å². The Morgan fingerprint density at radius 3 is 2.68 bits per heavy atom. The van der Waals surface area contributed by atoms with Gasteiger partial charge in [0.25, 0.3) is 0 Å². The molecule has 22 heavy (non-hydrogen) atoms. The monoisotopic (exact) mass is 303 g/mol. The third kappa shape index (κ3) is 4.31. The summed E-state index contributed by atoms with van der Waals surface area (Å²) in [6, 6.07) is 7.67. The molecule has 0 unspecified atom stereocenters. The minimum absolute atomic E-state index is 0.429. The van der Waals surface area contributed by atoms with Gasteiger partial charge in [0.2, 0.25) is 0 Å². The first-order chi connectivity index (χ1) is 10.6. The van der Waals surface area contributed by atoms with Crippen LogP contribution in [0.15, 0.2) is 24.3 Å². The molecule has 1 aromatic carbocycles. The summed E-state index contributed by atoms with van der Waals surface area (Å²) < 4.78 is 0. The fraction of sp³-hybridized carbons (Fsp3) is 0.529. The van der Waals surface area contributed by atoms with E-state index in [1.54, 1.807) is 4.90 Å². The Morgan fingerprint density at radius 1 is 1.14 bits per heavy atom. The van der Waals surface area contributed by atoms with E-state index in [4.69, 9.17) is 0 Å². The third-order valence-electron chi connectivity index (χ3n) is 3.99. The molecule has 2 rings (SSSR count). The molecule has 0 aliphatic carbocycles. The third-order valence-corrected chi connectivity index (χ3v) is 3.99. The molecule has 0 atom stereocenters. The van der Waals surface area contributed by atoms with Gasteiger partial charge in [-0.1, -0.05) is 31.5 Å². The summed E-state index contributed by atoms with van der Waals surface area (Å²) in [5.74, 6) is -0.963. The molecular formula is C17H25N3O2. The first kappa shape index (κ1) is 16.5. The van der Waals surface area contributed by atoms with E-state index < -0.39 is 11.8 Å². The normalized spacial score (nSPS) is 16.2. The smallest absolute Gasteiger partial charge is 0.313 e. The Kier molecular flexibility index (Phi) is 5.95. The van der Waals surface area contributed by atoms with Gasteiger partial charge in [-0.25, -0.2) is 0 Å². The molecule has 1 aliphatic heterocycles. The summed E-state index contributed by atoms with van der Waals surface area (Å²) in [5.41, 5.74) is 1.82. The van der Waals surface area contributed by atoms with E-state index >= 15 is 0 Å². The van der Waals surface area contributed by atoms with Gasteiger partial charge in [-0.05, 0) is 38.1 Å². The zero-order valence-corrected chi connectivity index (χ0v) is 13.5. The average Bonchev–Trinajstić information content (AvgIpc) is 2.73. The molecule has 1 aliphatic rings. The van der Waals surface area contributed by atoms with Crippen molar-refractivity contribution in [3.05, 3.63) is 29.8 Å². The van der Waals surface area contributed by atoms with Gasteiger partial charge in [0, 0.05) is 25.3 Å². The molecule has 1 saturated heterocycles. The Balaban J connectivity index is 2.01. The first-order valence-electron chi connectivity index (χ1n) is 7.98. The summed E-state index contributed by atoms with van der Waals surface area (Å²) in [7, 11) is 2.04. The fourth-order valence-electron chi connectivity index (χ4n) is 2.70. The van der Waals surface area contributed by atoms with Crippen LogP contribution in [0.25, 0.3) is 0 Å². The molecule has 0 bridgehead atoms. The van der Waals surface area contributed by atoms with Crippen molar-refractivity contribution in [2.45, 2.75) is 26.2 Å². The van der Waals surface area contributed by atoms with E-state index in [1.165, 1.54) is 0 Å². The van der Waals surface area contributed by atoms with Crippen LogP contribution in [0, 0.1) is 0 Å². The Bertz CT molecular complexity index is 530. The van der Waals surface area contributed by atoms with Crippen molar-refractivity contribution in [2.75, 3.05) is 38.5 Å². The second-order valence-corrected chi connectivity index (χ2v) is 5.81. The highest BCUT2D eigenvalue weighted by molar-refractivity contribution is 6.39. The van der Waals surface area contributed by atoms with Crippen LogP contribution in [0.3, 0.4) is 0 Å². The minimum atomic E-state index is -0.534. The van der Waals surface area contributed by atoms with Crippen LogP contribution in [0.1, 0.15) is 25.3 Å². The van der Waals surface area contributed by atoms with Crippen LogP contribution in [-0.2, 0) is 16.0 Å². The van der Waals surface area contributed by atoms with E-state index in [1.807, 2.05) is 31.3 Å². The molecular weight excluding hydrogens is 278 g/mol. The summed E-state index contributed by atoms with van der Waals surface area (Å²) in [6.45, 7) is 5.13. The van der Waals surface area contributed by atoms with Gasteiger partial charge in [-0.2, -0.15) is 0 Å². The largest absolute Gasteiger partial charge is 0.333 e. The van der Waals surface area contributed by atoms with Gasteiger partial charge >= 0.3 is 11.8 Å². The molecule has 1 fully saturated rings. The first-order valence-corrected chi connectivity index (χ1v) is 7.98. The number of hydrogen-bond acceptors (Lipinski definition) is 3. The lowest BCUT2D eigenvalue weighted by Gasteiger charge is -2.20. The highest BCUT2D eigenvalue weighted by atomic mass is 16.2. The van der Waals surface area contributed by atoms with Gasteiger partial charge in [0.15, 0.2) is 0 Å². The summed E-state index contributed by atoms with van der Waals surface area (Å²) in [5, 5.41) is 2.78. The van der Waals surface area contributed by atoms with Crippen LogP contribution < -0.4 is 5.32 Å². The Labute approximate surface area is 132 Å². The molecule has 1 aromatic rings. The van der Waals surface area contributed by atoms with Crippen LogP contribution in [0.5, 0.6) is 0 Å². The average molecular weight is 303 g/mol. The van der Waals surface area contributed by atoms with Crippen LogP contribution >= 0.6 is 0 Å². The number of nitrogens with one attached hydrogen (secondary N) is 1. The number of benzene rings is 1. The van der Waals surface area contributed by atoms with E-state index in [0.29, 0.717) is 13.1 Å². The number of rotatable bonds is 3. The molecule has 0 aromatic heterocycles. The van der Waals surface area contributed by atoms with Crippen LogP contribution in [-0.4, -0.2) is 54.8 Å². The van der Waals surface area contributed by atoms with Gasteiger partial charge in [0.05, 0.1) is 0 Å². The van der Waals surface area contributed by atoms with Crippen LogP contribution in [0.2, 0.25) is 0 Å². The number of carbonyl (C=O) groups is 2. The van der Waals surface area contributed by atoms with E-state index in [-0.39, 0.29) is 0 Å². The molecule has 1 N–H and O–H groups in total. The molecule has 2 amide bonds. The zero-order chi connectivity index (χ0) is 15.9. The predicted molar refractivity (Wildman–Crippen MR) is 87.8 cm³/mol. The lowest BCUT2D eigenvalue weighted by atomic mass is 10.1. The fourth-order valence-corrected chi connectivity index (χ4v) is 2.70. The van der Waals surface area contributed by atoms with E-state index in [0.717, 1.165) is 43.6 Å². The number of anilines is 1. The number of aryl methyl sites for hydroxylation is 1. The van der Waals surface area contributed by atoms with Gasteiger partial charge < -0.3 is 15.1 Å². The number of nitrogens with zero attached hydrogens (tertiary/aromatic N) is 2. The van der Waals surface area contributed by atoms with Gasteiger partial charge in [0.1, 0.15) is 0 Å². The number of hydrogen-bond donors (Lipinski definition) is 1. The summed E-state index contributed by atoms with van der Waals surface area (Å²) in [6.07, 6.45) is 2.79. The zero-order valence-electron chi connectivity index (χ0n) is 13.5. The second-order valence-electron chi connectivity index (χ2n) is 5.81. The lowest BCUT2D eigenvalue weighted by Crippen LogP contribution is -2.41. The van der Waals surface area contributed by atoms with E-state index in [2.05, 4.69) is 17.1 Å². The topological polar surface area (TPSA) is 52.7 Å². The number of amides is 2. The molecule has 5 heteroatoms. The number of likely N-dealkylation sites (N-methyl/N-ethyl adjacent to an activating group) is 1. The quantitative estimate of drug-likeness (QED) is 0.866. The Hall–Kier alpha value is -1.88. The maximum Gasteiger partial charge on any atom is 0.313 e. The van der Waals surface area contributed by atoms with Crippen molar-refractivity contribution >= 4 is 17.5 Å². The summed E-state index contributed by atoms with van der Waals surface area (Å²) in [4.78, 5) is 28.4. The SMILES string of the molecule is CCCc1ccccc1NC(=O)C(=O)N1CCCN(C)CC1. The van der Waals surface area contributed by atoms with Crippen molar-refractivity contribution in [2.24, 2.45) is 0 Å². The highest BCUT2D eigenvalue weighted by Gasteiger charge is 2.24. The predicted octanol–water partition coefficient (Wildman–Crippen LogP) is 1.74. The van der Waals surface area contributed by atoms with Gasteiger partial charge in [-0.15, -0.1) is 0 Å². The maximum absolute atomic E-state index is 12.3. The van der Waals surface area contributed by atoms with Crippen molar-refractivity contribution in [3.63, 3.8) is 0 Å². The maximum atomic E-state index is 12.3. The highest BCUT2D eigenvalue weighted by Crippen LogP contribution is 2.17. The van der Waals surface area contributed by atoms with Crippen LogP contribution in [0.4, 0.5) is 5.69 Å². The number of carbonyl (C=O) groups excluding carboxylic acids is 2. The van der Waals surface area contributed by atoms with Crippen molar-refractivity contribution in [1.29, 1.82) is 0 Å². The van der Waals surface area contributed by atoms with Crippen molar-refractivity contribution < 1.29 is 9.59 Å². The number of para-hydroxylation sites is 1. The summed E-state index contributed by atoms with van der Waals surface area (Å²) >= 11 is 0. The van der Waals surface area contributed by atoms with Gasteiger partial charge in [-0.3, -0.25) is 9.59 Å². The van der Waals surface area contributed by atoms with E-state index in [9.17, 15) is 9.59 Å². The standard InChI is InChI=1S/C17H25N3O2/c1-3-7-14-8-4-5-9-15(14)18-16(21)17(22)20-11-6-10-19(2)12-13-20/h4-5,8-9H,3,6-7,10-13H2,1-2H3,(H,18,21). The molecule has 0 radical (unpaired) electrons. The Morgan fingerprint density at radius 2 is 1.91 bits per heavy atom. The second kappa shape index (κ2) is 7.94. The lowest BCUT2D eigenvalue weighted by molar-refractivity contribution is -0.143. The molecule has 120 valence electrons.